The molecule has 0 radical (unpaired) electrons. The molecule has 1 unspecified atom stereocenters. The minimum absolute atomic E-state index is 0.0930. The minimum atomic E-state index is -1.38. The standard InChI is InChI=1S/C24H31FN2/c1-8-24(4,25)21-15-18-17-11-9-10-12-19(17)23(2,3)20(18)16-22(21)27(7)14-13-26(5)6/h9-16H,8H2,1-7H3/b14-13-. The van der Waals surface area contributed by atoms with Crippen LogP contribution in [0.25, 0.3) is 11.1 Å². The van der Waals surface area contributed by atoms with E-state index < -0.39 is 5.67 Å². The van der Waals surface area contributed by atoms with E-state index >= 15 is 4.39 Å². The molecule has 0 aliphatic heterocycles. The zero-order valence-electron chi connectivity index (χ0n) is 17.6. The maximum absolute atomic E-state index is 15.5. The van der Waals surface area contributed by atoms with Crippen molar-refractivity contribution in [3.63, 3.8) is 0 Å². The van der Waals surface area contributed by atoms with Gasteiger partial charge in [0.15, 0.2) is 0 Å². The molecule has 1 aliphatic rings. The van der Waals surface area contributed by atoms with Gasteiger partial charge in [0, 0.05) is 50.2 Å². The number of benzene rings is 2. The van der Waals surface area contributed by atoms with Crippen LogP contribution in [0.1, 0.15) is 50.8 Å². The fraction of sp³-hybridized carbons (Fsp3) is 0.417. The molecule has 0 saturated carbocycles. The number of fused-ring (bicyclic) bond motifs is 3. The van der Waals surface area contributed by atoms with E-state index in [9.17, 15) is 0 Å². The van der Waals surface area contributed by atoms with E-state index in [-0.39, 0.29) is 5.41 Å². The molecule has 0 heterocycles. The molecule has 0 fully saturated rings. The number of halogens is 1. The lowest BCUT2D eigenvalue weighted by Gasteiger charge is -2.29. The first-order valence-electron chi connectivity index (χ1n) is 9.65. The average molecular weight is 367 g/mol. The normalized spacial score (nSPS) is 16.7. The Morgan fingerprint density at radius 2 is 1.67 bits per heavy atom. The predicted octanol–water partition coefficient (Wildman–Crippen LogP) is 6.06. The van der Waals surface area contributed by atoms with Crippen molar-refractivity contribution < 1.29 is 4.39 Å². The van der Waals surface area contributed by atoms with Crippen LogP contribution >= 0.6 is 0 Å². The summed E-state index contributed by atoms with van der Waals surface area (Å²) in [4.78, 5) is 4.01. The number of hydrogen-bond donors (Lipinski definition) is 0. The van der Waals surface area contributed by atoms with Crippen molar-refractivity contribution in [2.75, 3.05) is 26.0 Å². The van der Waals surface area contributed by atoms with E-state index in [2.05, 4.69) is 50.2 Å². The lowest BCUT2D eigenvalue weighted by Crippen LogP contribution is -2.22. The van der Waals surface area contributed by atoms with Gasteiger partial charge < -0.3 is 9.80 Å². The van der Waals surface area contributed by atoms with Gasteiger partial charge in [0.05, 0.1) is 0 Å². The van der Waals surface area contributed by atoms with Gasteiger partial charge in [-0.3, -0.25) is 0 Å². The Bertz CT molecular complexity index is 878. The highest BCUT2D eigenvalue weighted by atomic mass is 19.1. The highest BCUT2D eigenvalue weighted by Crippen LogP contribution is 2.52. The maximum atomic E-state index is 15.5. The van der Waals surface area contributed by atoms with Gasteiger partial charge in [-0.15, -0.1) is 0 Å². The van der Waals surface area contributed by atoms with Gasteiger partial charge in [0.25, 0.3) is 0 Å². The molecule has 0 spiro atoms. The number of rotatable bonds is 5. The SMILES string of the molecule is CCC(C)(F)c1cc2c(cc1N(C)/C=C\N(C)C)C(C)(C)c1ccccc1-2. The lowest BCUT2D eigenvalue weighted by molar-refractivity contribution is 0.186. The molecule has 3 heteroatoms. The number of alkyl halides is 1. The van der Waals surface area contributed by atoms with Crippen molar-refractivity contribution in [2.24, 2.45) is 0 Å². The molecule has 2 aromatic carbocycles. The van der Waals surface area contributed by atoms with E-state index in [1.54, 1.807) is 6.92 Å². The second kappa shape index (κ2) is 6.70. The number of anilines is 1. The van der Waals surface area contributed by atoms with Gasteiger partial charge in [-0.25, -0.2) is 4.39 Å². The molecule has 0 N–H and O–H groups in total. The highest BCUT2D eigenvalue weighted by Gasteiger charge is 2.38. The third-order valence-electron chi connectivity index (χ3n) is 5.89. The van der Waals surface area contributed by atoms with Crippen LogP contribution in [0.4, 0.5) is 10.1 Å². The monoisotopic (exact) mass is 366 g/mol. The topological polar surface area (TPSA) is 6.48 Å². The first kappa shape index (κ1) is 19.5. The molecule has 1 aliphatic carbocycles. The molecule has 0 amide bonds. The summed E-state index contributed by atoms with van der Waals surface area (Å²) in [5.41, 5.74) is 5.17. The van der Waals surface area contributed by atoms with Crippen molar-refractivity contribution in [1.82, 2.24) is 4.90 Å². The molecule has 144 valence electrons. The van der Waals surface area contributed by atoms with Gasteiger partial charge in [-0.05, 0) is 47.7 Å². The van der Waals surface area contributed by atoms with Crippen LogP contribution in [0.15, 0.2) is 48.8 Å². The van der Waals surface area contributed by atoms with Crippen LogP contribution in [-0.4, -0.2) is 26.0 Å². The summed E-state index contributed by atoms with van der Waals surface area (Å²) in [5.74, 6) is 0. The molecular weight excluding hydrogens is 335 g/mol. The Morgan fingerprint density at radius 1 is 1.00 bits per heavy atom. The molecule has 2 nitrogen and oxygen atoms in total. The summed E-state index contributed by atoms with van der Waals surface area (Å²) in [7, 11) is 5.96. The average Bonchev–Trinajstić information content (AvgIpc) is 2.86. The highest BCUT2D eigenvalue weighted by molar-refractivity contribution is 5.84. The Hall–Kier alpha value is -2.29. The third kappa shape index (κ3) is 3.24. The van der Waals surface area contributed by atoms with Gasteiger partial charge in [-0.1, -0.05) is 45.0 Å². The smallest absolute Gasteiger partial charge is 0.135 e. The van der Waals surface area contributed by atoms with Crippen molar-refractivity contribution in [2.45, 2.75) is 45.2 Å². The van der Waals surface area contributed by atoms with Crippen molar-refractivity contribution >= 4 is 5.69 Å². The molecular formula is C24H31FN2. The summed E-state index contributed by atoms with van der Waals surface area (Å²) in [6.45, 7) is 8.11. The molecule has 3 rings (SSSR count). The Labute approximate surface area is 163 Å². The number of hydrogen-bond acceptors (Lipinski definition) is 2. The fourth-order valence-corrected chi connectivity index (χ4v) is 3.95. The first-order chi connectivity index (χ1) is 12.6. The third-order valence-corrected chi connectivity index (χ3v) is 5.89. The summed E-state index contributed by atoms with van der Waals surface area (Å²) in [6.07, 6.45) is 4.42. The van der Waals surface area contributed by atoms with Crippen molar-refractivity contribution in [3.8, 4) is 11.1 Å². The fourth-order valence-electron chi connectivity index (χ4n) is 3.95. The van der Waals surface area contributed by atoms with Gasteiger partial charge in [-0.2, -0.15) is 0 Å². The summed E-state index contributed by atoms with van der Waals surface area (Å²) in [6, 6.07) is 12.8. The van der Waals surface area contributed by atoms with Crippen LogP contribution in [0.5, 0.6) is 0 Å². The van der Waals surface area contributed by atoms with Crippen molar-refractivity contribution in [3.05, 3.63) is 65.5 Å². The van der Waals surface area contributed by atoms with Crippen LogP contribution in [-0.2, 0) is 11.1 Å². The Balaban J connectivity index is 2.26. The Kier molecular flexibility index (Phi) is 4.83. The van der Waals surface area contributed by atoms with E-state index in [1.165, 1.54) is 16.7 Å². The molecule has 27 heavy (non-hydrogen) atoms. The second-order valence-corrected chi connectivity index (χ2v) is 8.51. The van der Waals surface area contributed by atoms with E-state index in [1.807, 2.05) is 50.3 Å². The summed E-state index contributed by atoms with van der Waals surface area (Å²) in [5, 5.41) is 0. The maximum Gasteiger partial charge on any atom is 0.135 e. The van der Waals surface area contributed by atoms with Crippen molar-refractivity contribution in [1.29, 1.82) is 0 Å². The van der Waals surface area contributed by atoms with Crippen LogP contribution in [0.3, 0.4) is 0 Å². The first-order valence-corrected chi connectivity index (χ1v) is 9.65. The second-order valence-electron chi connectivity index (χ2n) is 8.51. The lowest BCUT2D eigenvalue weighted by atomic mass is 9.81. The molecule has 1 atom stereocenters. The van der Waals surface area contributed by atoms with Crippen LogP contribution in [0.2, 0.25) is 0 Å². The predicted molar refractivity (Wildman–Crippen MR) is 114 cm³/mol. The molecule has 2 aromatic rings. The van der Waals surface area contributed by atoms with E-state index in [0.717, 1.165) is 16.8 Å². The zero-order valence-corrected chi connectivity index (χ0v) is 17.6. The van der Waals surface area contributed by atoms with Crippen LogP contribution in [0, 0.1) is 0 Å². The molecule has 0 aromatic heterocycles. The van der Waals surface area contributed by atoms with Gasteiger partial charge in [0.2, 0.25) is 0 Å². The summed E-state index contributed by atoms with van der Waals surface area (Å²) >= 11 is 0. The Morgan fingerprint density at radius 3 is 2.30 bits per heavy atom. The van der Waals surface area contributed by atoms with E-state index in [4.69, 9.17) is 0 Å². The quantitative estimate of drug-likeness (QED) is 0.635. The van der Waals surface area contributed by atoms with Gasteiger partial charge in [0.1, 0.15) is 5.67 Å². The van der Waals surface area contributed by atoms with Gasteiger partial charge >= 0.3 is 0 Å². The minimum Gasteiger partial charge on any atom is -0.382 e. The zero-order chi connectivity index (χ0) is 20.0. The molecule has 0 saturated heterocycles. The summed E-state index contributed by atoms with van der Waals surface area (Å²) < 4.78 is 15.5. The van der Waals surface area contributed by atoms with E-state index in [0.29, 0.717) is 6.42 Å². The number of nitrogens with zero attached hydrogens (tertiary/aromatic N) is 2. The largest absolute Gasteiger partial charge is 0.382 e. The van der Waals surface area contributed by atoms with Crippen LogP contribution < -0.4 is 4.90 Å². The molecule has 0 bridgehead atoms.